The van der Waals surface area contributed by atoms with E-state index in [9.17, 15) is 9.18 Å². The van der Waals surface area contributed by atoms with Gasteiger partial charge in [-0.05, 0) is 54.2 Å². The average molecular weight is 468 g/mol. The largest absolute Gasteiger partial charge is 0.457 e. The minimum Gasteiger partial charge on any atom is -0.457 e. The molecule has 0 spiro atoms. The standard InChI is InChI=1S/C20H10Cl3FN2O2S/c21-12-2-1-3-13(22)18(12)16-7-5-11(28-16)9-17-19(27)26-20(29-17)25-10-4-6-15(24)14(23)8-10/h1-9H,(H,25,26,27)/b17-9+. The predicted molar refractivity (Wildman–Crippen MR) is 116 cm³/mol. The molecule has 1 aromatic heterocycles. The van der Waals surface area contributed by atoms with Gasteiger partial charge in [0.1, 0.15) is 17.3 Å². The number of halogens is 4. The van der Waals surface area contributed by atoms with Crippen LogP contribution < -0.4 is 5.32 Å². The summed E-state index contributed by atoms with van der Waals surface area (Å²) < 4.78 is 19.0. The fraction of sp³-hybridized carbons (Fsp3) is 0. The second kappa shape index (κ2) is 8.24. The molecule has 0 atom stereocenters. The zero-order valence-electron chi connectivity index (χ0n) is 14.4. The van der Waals surface area contributed by atoms with Gasteiger partial charge in [0.2, 0.25) is 0 Å². The van der Waals surface area contributed by atoms with E-state index in [0.29, 0.717) is 42.9 Å². The zero-order valence-corrected chi connectivity index (χ0v) is 17.5. The molecule has 1 saturated heterocycles. The topological polar surface area (TPSA) is 54.6 Å². The molecule has 0 unspecified atom stereocenters. The summed E-state index contributed by atoms with van der Waals surface area (Å²) in [5.74, 6) is 0.0904. The van der Waals surface area contributed by atoms with Gasteiger partial charge in [-0.15, -0.1) is 0 Å². The lowest BCUT2D eigenvalue weighted by Crippen LogP contribution is -2.19. The number of nitrogens with zero attached hydrogens (tertiary/aromatic N) is 1. The van der Waals surface area contributed by atoms with Crippen LogP contribution >= 0.6 is 46.6 Å². The SMILES string of the molecule is O=C1NC(=Nc2ccc(F)c(Cl)c2)S/C1=C/c1ccc(-c2c(Cl)cccc2Cl)o1. The highest BCUT2D eigenvalue weighted by molar-refractivity contribution is 8.18. The lowest BCUT2D eigenvalue weighted by atomic mass is 10.2. The normalized spacial score (nSPS) is 16.6. The van der Waals surface area contributed by atoms with Gasteiger partial charge in [-0.1, -0.05) is 40.9 Å². The van der Waals surface area contributed by atoms with Crippen LogP contribution in [0.25, 0.3) is 17.4 Å². The van der Waals surface area contributed by atoms with E-state index in [1.807, 2.05) is 0 Å². The van der Waals surface area contributed by atoms with Crippen molar-refractivity contribution in [1.82, 2.24) is 5.32 Å². The molecule has 0 saturated carbocycles. The molecule has 0 radical (unpaired) electrons. The first-order chi connectivity index (χ1) is 13.9. The summed E-state index contributed by atoms with van der Waals surface area (Å²) in [5, 5.41) is 3.89. The van der Waals surface area contributed by atoms with Gasteiger partial charge in [0.15, 0.2) is 5.17 Å². The zero-order chi connectivity index (χ0) is 20.5. The Kier molecular flexibility index (Phi) is 5.69. The molecule has 0 bridgehead atoms. The van der Waals surface area contributed by atoms with Crippen LogP contribution in [-0.4, -0.2) is 11.1 Å². The van der Waals surface area contributed by atoms with Gasteiger partial charge >= 0.3 is 0 Å². The summed E-state index contributed by atoms with van der Waals surface area (Å²) in [5.41, 5.74) is 1.01. The smallest absolute Gasteiger partial charge is 0.264 e. The Labute approximate surface area is 184 Å². The lowest BCUT2D eigenvalue weighted by Gasteiger charge is -2.02. The van der Waals surface area contributed by atoms with Crippen molar-refractivity contribution < 1.29 is 13.6 Å². The third-order valence-corrected chi connectivity index (χ3v) is 5.72. The van der Waals surface area contributed by atoms with E-state index < -0.39 is 5.82 Å². The molecule has 1 amide bonds. The van der Waals surface area contributed by atoms with Crippen molar-refractivity contribution in [3.63, 3.8) is 0 Å². The Balaban J connectivity index is 1.58. The number of hydrogen-bond acceptors (Lipinski definition) is 4. The lowest BCUT2D eigenvalue weighted by molar-refractivity contribution is -0.115. The predicted octanol–water partition coefficient (Wildman–Crippen LogP) is 6.94. The second-order valence-corrected chi connectivity index (χ2v) is 8.13. The monoisotopic (exact) mass is 466 g/mol. The van der Waals surface area contributed by atoms with Gasteiger partial charge < -0.3 is 9.73 Å². The minimum absolute atomic E-state index is 0.0433. The maximum atomic E-state index is 13.3. The van der Waals surface area contributed by atoms with Gasteiger partial charge in [-0.3, -0.25) is 4.79 Å². The van der Waals surface area contributed by atoms with E-state index >= 15 is 0 Å². The number of benzene rings is 2. The summed E-state index contributed by atoms with van der Waals surface area (Å²) in [4.78, 5) is 16.9. The molecule has 146 valence electrons. The van der Waals surface area contributed by atoms with Crippen molar-refractivity contribution in [2.75, 3.05) is 0 Å². The number of thioether (sulfide) groups is 1. The summed E-state index contributed by atoms with van der Waals surface area (Å²) in [6.45, 7) is 0. The Bertz CT molecular complexity index is 1170. The van der Waals surface area contributed by atoms with Gasteiger partial charge in [0, 0.05) is 6.08 Å². The van der Waals surface area contributed by atoms with Crippen LogP contribution in [0.2, 0.25) is 15.1 Å². The molecule has 2 aromatic carbocycles. The van der Waals surface area contributed by atoms with Crippen LogP contribution in [-0.2, 0) is 4.79 Å². The molecule has 2 heterocycles. The number of amides is 1. The number of furan rings is 1. The van der Waals surface area contributed by atoms with Crippen molar-refractivity contribution >= 4 is 69.4 Å². The van der Waals surface area contributed by atoms with Crippen LogP contribution in [0.4, 0.5) is 10.1 Å². The number of carbonyl (C=O) groups is 1. The quantitative estimate of drug-likeness (QED) is 0.425. The van der Waals surface area contributed by atoms with E-state index in [2.05, 4.69) is 10.3 Å². The van der Waals surface area contributed by atoms with E-state index in [0.717, 1.165) is 11.8 Å². The van der Waals surface area contributed by atoms with E-state index in [4.69, 9.17) is 39.2 Å². The Hall–Kier alpha value is -2.25. The molecule has 1 fully saturated rings. The molecule has 4 nitrogen and oxygen atoms in total. The minimum atomic E-state index is -0.536. The highest BCUT2D eigenvalue weighted by Gasteiger charge is 2.24. The van der Waals surface area contributed by atoms with Crippen LogP contribution in [0, 0.1) is 5.82 Å². The molecule has 29 heavy (non-hydrogen) atoms. The summed E-state index contributed by atoms with van der Waals surface area (Å²) in [6.07, 6.45) is 1.59. The molecule has 3 aromatic rings. The number of rotatable bonds is 3. The molecule has 0 aliphatic carbocycles. The van der Waals surface area contributed by atoms with Crippen molar-refractivity contribution in [3.05, 3.63) is 80.1 Å². The van der Waals surface area contributed by atoms with Crippen molar-refractivity contribution in [3.8, 4) is 11.3 Å². The van der Waals surface area contributed by atoms with E-state index in [1.54, 1.807) is 36.4 Å². The highest BCUT2D eigenvalue weighted by Crippen LogP contribution is 2.36. The molecule has 4 rings (SSSR count). The molecule has 1 aliphatic rings. The first-order valence-electron chi connectivity index (χ1n) is 8.19. The molecule has 1 N–H and O–H groups in total. The Morgan fingerprint density at radius 1 is 1.03 bits per heavy atom. The van der Waals surface area contributed by atoms with Crippen molar-refractivity contribution in [1.29, 1.82) is 0 Å². The van der Waals surface area contributed by atoms with Crippen LogP contribution in [0.3, 0.4) is 0 Å². The molecular formula is C20H10Cl3FN2O2S. The first kappa shape index (κ1) is 20.0. The van der Waals surface area contributed by atoms with Gasteiger partial charge in [-0.25, -0.2) is 9.38 Å². The van der Waals surface area contributed by atoms with Crippen LogP contribution in [0.15, 0.2) is 62.8 Å². The Morgan fingerprint density at radius 2 is 1.79 bits per heavy atom. The number of carbonyl (C=O) groups excluding carboxylic acids is 1. The average Bonchev–Trinajstić information content (AvgIpc) is 3.25. The fourth-order valence-corrected chi connectivity index (χ4v) is 4.16. The van der Waals surface area contributed by atoms with Gasteiger partial charge in [0.05, 0.1) is 31.2 Å². The third-order valence-electron chi connectivity index (χ3n) is 3.89. The first-order valence-corrected chi connectivity index (χ1v) is 10.1. The summed E-state index contributed by atoms with van der Waals surface area (Å²) in [7, 11) is 0. The number of aliphatic imine (C=N–C) groups is 1. The number of nitrogens with one attached hydrogen (secondary N) is 1. The molecule has 1 aliphatic heterocycles. The van der Waals surface area contributed by atoms with Crippen molar-refractivity contribution in [2.24, 2.45) is 4.99 Å². The highest BCUT2D eigenvalue weighted by atomic mass is 35.5. The van der Waals surface area contributed by atoms with Crippen molar-refractivity contribution in [2.45, 2.75) is 0 Å². The third kappa shape index (κ3) is 4.36. The summed E-state index contributed by atoms with van der Waals surface area (Å²) >= 11 is 19.3. The van der Waals surface area contributed by atoms with E-state index in [1.165, 1.54) is 18.2 Å². The van der Waals surface area contributed by atoms with E-state index in [-0.39, 0.29) is 10.9 Å². The van der Waals surface area contributed by atoms with Crippen LogP contribution in [0.1, 0.15) is 5.76 Å². The molecule has 9 heteroatoms. The van der Waals surface area contributed by atoms with Crippen LogP contribution in [0.5, 0.6) is 0 Å². The second-order valence-electron chi connectivity index (χ2n) is 5.88. The fourth-order valence-electron chi connectivity index (χ4n) is 2.58. The van der Waals surface area contributed by atoms with Gasteiger partial charge in [0.25, 0.3) is 5.91 Å². The maximum absolute atomic E-state index is 13.3. The summed E-state index contributed by atoms with van der Waals surface area (Å²) in [6, 6.07) is 12.7. The molecular weight excluding hydrogens is 458 g/mol. The number of hydrogen-bond donors (Lipinski definition) is 1. The Morgan fingerprint density at radius 3 is 2.52 bits per heavy atom. The maximum Gasteiger partial charge on any atom is 0.264 e. The number of amidine groups is 1. The van der Waals surface area contributed by atoms with Gasteiger partial charge in [-0.2, -0.15) is 0 Å².